The number of benzene rings is 3. The van der Waals surface area contributed by atoms with E-state index < -0.39 is 18.2 Å². The van der Waals surface area contributed by atoms with E-state index in [4.69, 9.17) is 15.0 Å². The van der Waals surface area contributed by atoms with Crippen LogP contribution in [0.5, 0.6) is 5.75 Å². The molecule has 1 aliphatic carbocycles. The molecule has 3 aromatic rings. The predicted octanol–water partition coefficient (Wildman–Crippen LogP) is 9.42. The number of nitrogens with zero attached hydrogens (tertiary/aromatic N) is 3. The number of likely N-dealkylation sites (N-methyl/N-ethyl adjacent to an activating group) is 1. The topological polar surface area (TPSA) is 159 Å². The molecule has 0 heterocycles. The number of aliphatic imine (C=N–C) groups is 1. The van der Waals surface area contributed by atoms with Crippen molar-refractivity contribution in [1.29, 1.82) is 5.26 Å². The highest BCUT2D eigenvalue weighted by molar-refractivity contribution is 6.07. The van der Waals surface area contributed by atoms with Crippen LogP contribution in [-0.4, -0.2) is 59.7 Å². The van der Waals surface area contributed by atoms with E-state index in [0.717, 1.165) is 42.5 Å². The summed E-state index contributed by atoms with van der Waals surface area (Å²) in [6.45, 7) is 20.5. The SMILES string of the molecule is CCCCC(Oc1ccc(C(C)(C)CC)cc1C(C)(C)CC)C(=O)NC1C=C(O)C(NC(=O)Nc2ccc(C#N)cc2)=CC1=Nc1ccc(N(CC)CCO)cc1C. The zero-order chi connectivity index (χ0) is 42.6. The molecule has 0 saturated carbocycles. The largest absolute Gasteiger partial charge is 0.506 e. The number of aliphatic hydroxyl groups excluding tert-OH is 2. The Morgan fingerprint density at radius 3 is 2.28 bits per heavy atom. The fraction of sp³-hybridized carbons (Fsp3) is 0.447. The van der Waals surface area contributed by atoms with E-state index >= 15 is 0 Å². The lowest BCUT2D eigenvalue weighted by atomic mass is 9.76. The molecule has 2 unspecified atom stereocenters. The number of hydrogen-bond acceptors (Lipinski definition) is 8. The average Bonchev–Trinajstić information content (AvgIpc) is 3.20. The van der Waals surface area contributed by atoms with Gasteiger partial charge < -0.3 is 35.8 Å². The monoisotopic (exact) mass is 790 g/mol. The molecule has 0 fully saturated rings. The smallest absolute Gasteiger partial charge is 0.323 e. The van der Waals surface area contributed by atoms with Gasteiger partial charge in [-0.15, -0.1) is 0 Å². The third kappa shape index (κ3) is 11.5. The first kappa shape index (κ1) is 45.1. The summed E-state index contributed by atoms with van der Waals surface area (Å²) in [6.07, 6.45) is 6.14. The number of rotatable bonds is 18. The lowest BCUT2D eigenvalue weighted by Crippen LogP contribution is -2.47. The molecule has 1 aliphatic rings. The molecule has 58 heavy (non-hydrogen) atoms. The minimum absolute atomic E-state index is 0.0243. The molecule has 11 heteroatoms. The Bertz CT molecular complexity index is 2040. The standard InChI is InChI=1S/C47H62N6O5/c1-10-14-15-43(58-42-23-18-33(46(6,7)11-2)27-36(42)47(8,9)12-3)44(56)51-39-29-41(55)40(52-45(57)49-34-19-16-32(30-48)17-20-34)28-38(39)50-37-22-21-35(26-31(37)5)53(13-4)24-25-54/h16-23,26-29,39,43,54-55H,10-15,24-25H2,1-9H3,(H,51,56)(H2,49,52,57). The number of urea groups is 1. The summed E-state index contributed by atoms with van der Waals surface area (Å²) in [5.74, 6) is 0.0693. The van der Waals surface area contributed by atoms with Crippen molar-refractivity contribution in [2.75, 3.05) is 29.9 Å². The number of nitriles is 1. The zero-order valence-electron chi connectivity index (χ0n) is 35.7. The molecule has 11 nitrogen and oxygen atoms in total. The zero-order valence-corrected chi connectivity index (χ0v) is 35.7. The Balaban J connectivity index is 1.71. The summed E-state index contributed by atoms with van der Waals surface area (Å²) < 4.78 is 6.69. The van der Waals surface area contributed by atoms with Gasteiger partial charge in [-0.05, 0) is 122 Å². The fourth-order valence-electron chi connectivity index (χ4n) is 6.58. The van der Waals surface area contributed by atoms with Crippen molar-refractivity contribution in [1.82, 2.24) is 10.6 Å². The van der Waals surface area contributed by atoms with Crippen molar-refractivity contribution in [2.45, 2.75) is 117 Å². The summed E-state index contributed by atoms with van der Waals surface area (Å²) in [5.41, 5.74) is 5.85. The average molecular weight is 791 g/mol. The molecule has 0 radical (unpaired) electrons. The minimum atomic E-state index is -0.868. The summed E-state index contributed by atoms with van der Waals surface area (Å²) in [5, 5.41) is 38.5. The van der Waals surface area contributed by atoms with Crippen molar-refractivity contribution < 1.29 is 24.5 Å². The maximum Gasteiger partial charge on any atom is 0.323 e. The van der Waals surface area contributed by atoms with Crippen molar-refractivity contribution in [3.05, 3.63) is 107 Å². The lowest BCUT2D eigenvalue weighted by molar-refractivity contribution is -0.128. The summed E-state index contributed by atoms with van der Waals surface area (Å²) in [7, 11) is 0. The van der Waals surface area contributed by atoms with Crippen LogP contribution in [0.15, 0.2) is 89.3 Å². The van der Waals surface area contributed by atoms with E-state index in [1.54, 1.807) is 30.3 Å². The maximum absolute atomic E-state index is 14.4. The summed E-state index contributed by atoms with van der Waals surface area (Å²) >= 11 is 0. The minimum Gasteiger partial charge on any atom is -0.506 e. The fourth-order valence-corrected chi connectivity index (χ4v) is 6.58. The Hall–Kier alpha value is -5.60. The normalized spacial score (nSPS) is 15.5. The van der Waals surface area contributed by atoms with Gasteiger partial charge in [0.25, 0.3) is 5.91 Å². The Labute approximate surface area is 344 Å². The first-order valence-corrected chi connectivity index (χ1v) is 20.5. The molecule has 2 atom stereocenters. The van der Waals surface area contributed by atoms with Crippen LogP contribution in [0.3, 0.4) is 0 Å². The van der Waals surface area contributed by atoms with Gasteiger partial charge in [0, 0.05) is 30.0 Å². The lowest BCUT2D eigenvalue weighted by Gasteiger charge is -2.32. The highest BCUT2D eigenvalue weighted by atomic mass is 16.5. The summed E-state index contributed by atoms with van der Waals surface area (Å²) in [4.78, 5) is 34.5. The molecule has 0 bridgehead atoms. The Kier molecular flexibility index (Phi) is 15.7. The Morgan fingerprint density at radius 1 is 0.966 bits per heavy atom. The van der Waals surface area contributed by atoms with Crippen LogP contribution in [0, 0.1) is 18.3 Å². The van der Waals surface area contributed by atoms with Gasteiger partial charge in [-0.25, -0.2) is 4.79 Å². The molecule has 310 valence electrons. The number of unbranched alkanes of at least 4 members (excludes halogenated alkanes) is 1. The molecule has 0 aliphatic heterocycles. The number of aliphatic hydroxyl groups is 2. The van der Waals surface area contributed by atoms with Crippen molar-refractivity contribution >= 4 is 34.7 Å². The van der Waals surface area contributed by atoms with Gasteiger partial charge in [0.2, 0.25) is 0 Å². The predicted molar refractivity (Wildman–Crippen MR) is 234 cm³/mol. The first-order valence-electron chi connectivity index (χ1n) is 20.5. The Morgan fingerprint density at radius 2 is 1.67 bits per heavy atom. The molecule has 0 spiro atoms. The van der Waals surface area contributed by atoms with Gasteiger partial charge >= 0.3 is 6.03 Å². The molecular formula is C47H62N6O5. The second-order valence-electron chi connectivity index (χ2n) is 16.1. The molecule has 3 aromatic carbocycles. The van der Waals surface area contributed by atoms with Gasteiger partial charge in [-0.2, -0.15) is 5.26 Å². The highest BCUT2D eigenvalue weighted by Crippen LogP contribution is 2.39. The third-order valence-corrected chi connectivity index (χ3v) is 11.2. The molecular weight excluding hydrogens is 729 g/mol. The van der Waals surface area contributed by atoms with Gasteiger partial charge in [-0.3, -0.25) is 9.79 Å². The van der Waals surface area contributed by atoms with Crippen LogP contribution in [-0.2, 0) is 15.6 Å². The molecule has 3 amide bonds. The number of hydrogen-bond donors (Lipinski definition) is 5. The second kappa shape index (κ2) is 20.2. The molecule has 4 rings (SSSR count). The molecule has 5 N–H and O–H groups in total. The van der Waals surface area contributed by atoms with E-state index in [1.807, 2.05) is 44.2 Å². The number of carbonyl (C=O) groups excluding carboxylic acids is 2. The molecule has 0 saturated heterocycles. The van der Waals surface area contributed by atoms with Crippen molar-refractivity contribution in [3.63, 3.8) is 0 Å². The number of nitrogens with one attached hydrogen (secondary N) is 3. The van der Waals surface area contributed by atoms with Gasteiger partial charge in [0.05, 0.1) is 41.4 Å². The third-order valence-electron chi connectivity index (χ3n) is 11.2. The van der Waals surface area contributed by atoms with E-state index in [2.05, 4.69) is 81.4 Å². The summed E-state index contributed by atoms with van der Waals surface area (Å²) in [6, 6.07) is 19.1. The van der Waals surface area contributed by atoms with Crippen LogP contribution in [0.2, 0.25) is 0 Å². The van der Waals surface area contributed by atoms with E-state index in [-0.39, 0.29) is 34.8 Å². The maximum atomic E-state index is 14.4. The number of anilines is 2. The van der Waals surface area contributed by atoms with E-state index in [9.17, 15) is 19.8 Å². The quantitative estimate of drug-likeness (QED) is 0.0859. The van der Waals surface area contributed by atoms with Crippen LogP contribution in [0.1, 0.15) is 110 Å². The number of carbonyl (C=O) groups is 2. The first-order chi connectivity index (χ1) is 27.6. The van der Waals surface area contributed by atoms with E-state index in [1.165, 1.54) is 11.6 Å². The van der Waals surface area contributed by atoms with E-state index in [0.29, 0.717) is 47.9 Å². The van der Waals surface area contributed by atoms with Crippen LogP contribution >= 0.6 is 0 Å². The van der Waals surface area contributed by atoms with Crippen LogP contribution < -0.4 is 25.6 Å². The van der Waals surface area contributed by atoms with Crippen LogP contribution in [0.4, 0.5) is 21.9 Å². The number of amides is 3. The van der Waals surface area contributed by atoms with Crippen molar-refractivity contribution in [3.8, 4) is 11.8 Å². The van der Waals surface area contributed by atoms with Crippen LogP contribution in [0.25, 0.3) is 0 Å². The number of ether oxygens (including phenoxy) is 1. The van der Waals surface area contributed by atoms with Gasteiger partial charge in [0.1, 0.15) is 11.5 Å². The number of aryl methyl sites for hydroxylation is 1. The van der Waals surface area contributed by atoms with Gasteiger partial charge in [-0.1, -0.05) is 67.0 Å². The van der Waals surface area contributed by atoms with Gasteiger partial charge in [0.15, 0.2) is 6.10 Å². The van der Waals surface area contributed by atoms with Crippen molar-refractivity contribution in [2.24, 2.45) is 4.99 Å². The molecule has 0 aromatic heterocycles. The highest BCUT2D eigenvalue weighted by Gasteiger charge is 2.31. The second-order valence-corrected chi connectivity index (χ2v) is 16.1.